The van der Waals surface area contributed by atoms with E-state index < -0.39 is 5.97 Å². The highest BCUT2D eigenvalue weighted by Gasteiger charge is 2.33. The zero-order chi connectivity index (χ0) is 13.4. The van der Waals surface area contributed by atoms with Crippen LogP contribution in [-0.2, 0) is 0 Å². The molecule has 1 aliphatic heterocycles. The maximum Gasteiger partial charge on any atom is 0.358 e. The number of carbonyl (C=O) groups is 1. The van der Waals surface area contributed by atoms with Crippen LogP contribution in [0.1, 0.15) is 35.1 Å². The minimum absolute atomic E-state index is 0.0127. The van der Waals surface area contributed by atoms with Gasteiger partial charge in [-0.05, 0) is 13.0 Å². The summed E-state index contributed by atoms with van der Waals surface area (Å²) in [6.07, 6.45) is 4.89. The van der Waals surface area contributed by atoms with Crippen LogP contribution in [0, 0.1) is 0 Å². The molecule has 1 unspecified atom stereocenters. The Morgan fingerprint density at radius 2 is 2.37 bits per heavy atom. The largest absolute Gasteiger partial charge is 0.476 e. The van der Waals surface area contributed by atoms with E-state index in [1.165, 1.54) is 6.20 Å². The fourth-order valence-corrected chi connectivity index (χ4v) is 2.25. The second-order valence-corrected chi connectivity index (χ2v) is 4.73. The van der Waals surface area contributed by atoms with Crippen molar-refractivity contribution in [2.75, 3.05) is 13.1 Å². The van der Waals surface area contributed by atoms with Gasteiger partial charge < -0.3 is 9.52 Å². The van der Waals surface area contributed by atoms with Crippen LogP contribution < -0.4 is 0 Å². The molecule has 100 valence electrons. The number of rotatable bonds is 4. The van der Waals surface area contributed by atoms with E-state index in [-0.39, 0.29) is 17.8 Å². The zero-order valence-corrected chi connectivity index (χ0v) is 10.4. The Kier molecular flexibility index (Phi) is 2.83. The van der Waals surface area contributed by atoms with E-state index in [2.05, 4.69) is 22.1 Å². The summed E-state index contributed by atoms with van der Waals surface area (Å²) in [5.74, 6) is -1.05. The van der Waals surface area contributed by atoms with Crippen LogP contribution in [0.2, 0.25) is 0 Å². The minimum Gasteiger partial charge on any atom is -0.476 e. The number of aromatic carboxylic acids is 1. The predicted octanol–water partition coefficient (Wildman–Crippen LogP) is 1.19. The third-order valence-corrected chi connectivity index (χ3v) is 3.57. The molecular formula is C12H14N4O3. The SMILES string of the molecule is CC(c1ccoc1)N1CC(n2cc(C(=O)O)nn2)C1. The number of aromatic nitrogens is 3. The third-order valence-electron chi connectivity index (χ3n) is 3.57. The monoisotopic (exact) mass is 262 g/mol. The van der Waals surface area contributed by atoms with Gasteiger partial charge in [-0.3, -0.25) is 4.90 Å². The summed E-state index contributed by atoms with van der Waals surface area (Å²) in [7, 11) is 0. The number of nitrogens with zero attached hydrogens (tertiary/aromatic N) is 4. The van der Waals surface area contributed by atoms with Gasteiger partial charge >= 0.3 is 5.97 Å². The summed E-state index contributed by atoms with van der Waals surface area (Å²) in [4.78, 5) is 13.0. The molecule has 3 rings (SSSR count). The molecule has 1 atom stereocenters. The Morgan fingerprint density at radius 1 is 1.58 bits per heavy atom. The van der Waals surface area contributed by atoms with E-state index in [1.807, 2.05) is 6.07 Å². The first-order valence-corrected chi connectivity index (χ1v) is 6.06. The van der Waals surface area contributed by atoms with Crippen LogP contribution in [-0.4, -0.2) is 44.1 Å². The van der Waals surface area contributed by atoms with Crippen LogP contribution in [0.5, 0.6) is 0 Å². The minimum atomic E-state index is -1.05. The van der Waals surface area contributed by atoms with Gasteiger partial charge in [0.25, 0.3) is 0 Å². The normalized spacial score (nSPS) is 18.2. The second-order valence-electron chi connectivity index (χ2n) is 4.73. The van der Waals surface area contributed by atoms with Gasteiger partial charge in [-0.15, -0.1) is 5.10 Å². The molecule has 19 heavy (non-hydrogen) atoms. The van der Waals surface area contributed by atoms with Crippen molar-refractivity contribution in [3.63, 3.8) is 0 Å². The molecule has 0 aromatic carbocycles. The average Bonchev–Trinajstić information content (AvgIpc) is 2.98. The van der Waals surface area contributed by atoms with Crippen LogP contribution in [0.15, 0.2) is 29.2 Å². The quantitative estimate of drug-likeness (QED) is 0.890. The Balaban J connectivity index is 1.61. The smallest absolute Gasteiger partial charge is 0.358 e. The molecule has 1 fully saturated rings. The highest BCUT2D eigenvalue weighted by atomic mass is 16.4. The van der Waals surface area contributed by atoms with Crippen molar-refractivity contribution >= 4 is 5.97 Å². The Bertz CT molecular complexity index is 572. The lowest BCUT2D eigenvalue weighted by Gasteiger charge is -2.42. The number of hydrogen-bond acceptors (Lipinski definition) is 5. The van der Waals surface area contributed by atoms with Crippen molar-refractivity contribution < 1.29 is 14.3 Å². The summed E-state index contributed by atoms with van der Waals surface area (Å²) >= 11 is 0. The van der Waals surface area contributed by atoms with Crippen LogP contribution in [0.25, 0.3) is 0 Å². The molecule has 0 aliphatic carbocycles. The summed E-state index contributed by atoms with van der Waals surface area (Å²) < 4.78 is 6.70. The van der Waals surface area contributed by atoms with E-state index in [9.17, 15) is 4.79 Å². The van der Waals surface area contributed by atoms with E-state index in [1.54, 1.807) is 17.2 Å². The molecule has 7 nitrogen and oxygen atoms in total. The summed E-state index contributed by atoms with van der Waals surface area (Å²) in [5, 5.41) is 16.3. The van der Waals surface area contributed by atoms with Gasteiger partial charge in [0.2, 0.25) is 0 Å². The lowest BCUT2D eigenvalue weighted by atomic mass is 10.0. The lowest BCUT2D eigenvalue weighted by Crippen LogP contribution is -2.48. The van der Waals surface area contributed by atoms with Gasteiger partial charge in [-0.2, -0.15) is 0 Å². The van der Waals surface area contributed by atoms with Gasteiger partial charge in [0.1, 0.15) is 0 Å². The molecule has 0 radical (unpaired) electrons. The van der Waals surface area contributed by atoms with Crippen LogP contribution in [0.3, 0.4) is 0 Å². The number of carboxylic acids is 1. The summed E-state index contributed by atoms with van der Waals surface area (Å²) in [5.41, 5.74) is 1.13. The number of furan rings is 1. The molecule has 2 aromatic rings. The number of carboxylic acid groups (broad SMARTS) is 1. The number of hydrogen-bond donors (Lipinski definition) is 1. The topological polar surface area (TPSA) is 84.4 Å². The molecule has 0 amide bonds. The molecule has 3 heterocycles. The summed E-state index contributed by atoms with van der Waals surface area (Å²) in [6, 6.07) is 2.43. The molecule has 0 spiro atoms. The molecule has 1 N–H and O–H groups in total. The van der Waals surface area contributed by atoms with E-state index in [0.29, 0.717) is 0 Å². The van der Waals surface area contributed by atoms with Gasteiger partial charge in [-0.1, -0.05) is 5.21 Å². The fraction of sp³-hybridized carbons (Fsp3) is 0.417. The first-order chi connectivity index (χ1) is 9.15. The Morgan fingerprint density at radius 3 is 2.95 bits per heavy atom. The van der Waals surface area contributed by atoms with Gasteiger partial charge in [0.05, 0.1) is 24.8 Å². The molecular weight excluding hydrogens is 248 g/mol. The molecule has 7 heteroatoms. The standard InChI is InChI=1S/C12H14N4O3/c1-8(9-2-3-19-7-9)15-4-10(5-15)16-6-11(12(17)18)13-14-16/h2-3,6-8,10H,4-5H2,1H3,(H,17,18). The maximum absolute atomic E-state index is 10.7. The fourth-order valence-electron chi connectivity index (χ4n) is 2.25. The first kappa shape index (κ1) is 11.9. The second kappa shape index (κ2) is 4.51. The van der Waals surface area contributed by atoms with Crippen molar-refractivity contribution in [1.29, 1.82) is 0 Å². The van der Waals surface area contributed by atoms with Gasteiger partial charge in [0, 0.05) is 24.7 Å². The predicted molar refractivity (Wildman–Crippen MR) is 64.7 cm³/mol. The Labute approximate surface area is 109 Å². The van der Waals surface area contributed by atoms with E-state index >= 15 is 0 Å². The van der Waals surface area contributed by atoms with Gasteiger partial charge in [0.15, 0.2) is 5.69 Å². The maximum atomic E-state index is 10.7. The van der Waals surface area contributed by atoms with Crippen molar-refractivity contribution in [2.45, 2.75) is 19.0 Å². The van der Waals surface area contributed by atoms with Crippen LogP contribution in [0.4, 0.5) is 0 Å². The lowest BCUT2D eigenvalue weighted by molar-refractivity contribution is 0.0583. The third kappa shape index (κ3) is 2.12. The average molecular weight is 262 g/mol. The highest BCUT2D eigenvalue weighted by Crippen LogP contribution is 2.30. The zero-order valence-electron chi connectivity index (χ0n) is 10.4. The van der Waals surface area contributed by atoms with Gasteiger partial charge in [-0.25, -0.2) is 9.48 Å². The van der Waals surface area contributed by atoms with Crippen LogP contribution >= 0.6 is 0 Å². The Hall–Kier alpha value is -2.15. The molecule has 2 aromatic heterocycles. The van der Waals surface area contributed by atoms with Crippen molar-refractivity contribution in [3.05, 3.63) is 36.0 Å². The van der Waals surface area contributed by atoms with Crippen molar-refractivity contribution in [3.8, 4) is 0 Å². The highest BCUT2D eigenvalue weighted by molar-refractivity contribution is 5.84. The van der Waals surface area contributed by atoms with E-state index in [4.69, 9.17) is 9.52 Å². The van der Waals surface area contributed by atoms with Crippen molar-refractivity contribution in [1.82, 2.24) is 19.9 Å². The molecule has 1 aliphatic rings. The number of likely N-dealkylation sites (tertiary alicyclic amines) is 1. The summed E-state index contributed by atoms with van der Waals surface area (Å²) in [6.45, 7) is 3.77. The first-order valence-electron chi connectivity index (χ1n) is 6.06. The van der Waals surface area contributed by atoms with Crippen molar-refractivity contribution in [2.24, 2.45) is 0 Å². The molecule has 1 saturated heterocycles. The van der Waals surface area contributed by atoms with E-state index in [0.717, 1.165) is 18.7 Å². The molecule has 0 saturated carbocycles. The molecule has 0 bridgehead atoms.